The predicted octanol–water partition coefficient (Wildman–Crippen LogP) is 14.6. The van der Waals surface area contributed by atoms with Crippen LogP contribution in [0.4, 0.5) is 105 Å². The van der Waals surface area contributed by atoms with E-state index in [9.17, 15) is 115 Å². The Morgan fingerprint density at radius 3 is 0.873 bits per heavy atom. The van der Waals surface area contributed by atoms with Crippen LogP contribution in [0.2, 0.25) is 0 Å². The van der Waals surface area contributed by atoms with Crippen LogP contribution in [-0.2, 0) is 60.7 Å². The Kier molecular flexibility index (Phi) is 17.6. The summed E-state index contributed by atoms with van der Waals surface area (Å²) in [6.45, 7) is -0.0326. The lowest BCUT2D eigenvalue weighted by molar-refractivity contribution is -0.685. The van der Waals surface area contributed by atoms with Crippen LogP contribution in [0.5, 0.6) is 0 Å². The molecule has 0 unspecified atom stereocenters. The highest BCUT2D eigenvalue weighted by Gasteiger charge is 2.47. The second-order valence-electron chi connectivity index (χ2n) is 16.6. The standard InChI is InChI=1S/C32H12BF24.C15H11Cl3NO3/c34-25(35,36)13-1-14(26(37,38)39)6-21(5-13)33(22-7-15(27(40,41)42)2-16(8-22)28(43,44)45,23-9-17(29(46,47)48)3-18(10-23)30(49,50)51)24-11-19(31(52,53)54)4-20(12-24)32(55,56)57;16-15(17,18)22-14(21)12-8-4-5-9-19(12)10-13(20)11-6-2-1-3-7-11/h1-12H;1-9H,10H2/q-1;+1. The number of hydrogen-bond donors (Lipinski definition) is 0. The highest BCUT2D eigenvalue weighted by molar-refractivity contribution is 7.20. The van der Waals surface area contributed by atoms with E-state index in [-0.39, 0.29) is 18.0 Å². The van der Waals surface area contributed by atoms with E-state index < -0.39 is 205 Å². The Morgan fingerprint density at radius 2 is 0.633 bits per heavy atom. The summed E-state index contributed by atoms with van der Waals surface area (Å²) in [5, 5.41) is 0. The minimum absolute atomic E-state index is 0.0326. The van der Waals surface area contributed by atoms with Gasteiger partial charge < -0.3 is 4.74 Å². The number of benzene rings is 5. The molecule has 0 saturated carbocycles. The zero-order chi connectivity index (χ0) is 60.1. The van der Waals surface area contributed by atoms with E-state index >= 15 is 0 Å². The van der Waals surface area contributed by atoms with E-state index in [1.807, 2.05) is 6.07 Å². The van der Waals surface area contributed by atoms with Crippen molar-refractivity contribution < 1.29 is 124 Å². The molecule has 426 valence electrons. The molecule has 6 rings (SSSR count). The monoisotopic (exact) mass is 1220 g/mol. The van der Waals surface area contributed by atoms with Crippen molar-refractivity contribution in [1.82, 2.24) is 0 Å². The van der Waals surface area contributed by atoms with Gasteiger partial charge in [0.2, 0.25) is 12.3 Å². The first-order chi connectivity index (χ1) is 35.6. The molecule has 0 bridgehead atoms. The first kappa shape index (κ1) is 63.5. The van der Waals surface area contributed by atoms with Crippen molar-refractivity contribution in [3.63, 3.8) is 0 Å². The van der Waals surface area contributed by atoms with Crippen molar-refractivity contribution in [2.75, 3.05) is 0 Å². The van der Waals surface area contributed by atoms with Crippen molar-refractivity contribution in [2.24, 2.45) is 0 Å². The largest absolute Gasteiger partial charge is 0.416 e. The number of pyridine rings is 1. The van der Waals surface area contributed by atoms with Gasteiger partial charge in [0.1, 0.15) is 6.15 Å². The van der Waals surface area contributed by atoms with Gasteiger partial charge in [0.25, 0.3) is 5.69 Å². The number of rotatable bonds is 8. The number of esters is 1. The van der Waals surface area contributed by atoms with E-state index in [0.717, 1.165) is 0 Å². The number of Topliss-reactive ketones (excluding diaryl/α,β-unsaturated/α-hetero) is 1. The van der Waals surface area contributed by atoms with Crippen LogP contribution >= 0.6 is 34.8 Å². The van der Waals surface area contributed by atoms with Gasteiger partial charge in [-0.1, -0.05) is 78.9 Å². The quantitative estimate of drug-likeness (QED) is 0.0381. The number of carbonyl (C=O) groups excluding carboxylic acids is 2. The normalized spacial score (nSPS) is 13.4. The van der Waals surface area contributed by atoms with Gasteiger partial charge in [-0.15, -0.1) is 0 Å². The number of ether oxygens (including phenoxy) is 1. The average molecular weight is 1220 g/mol. The number of nitrogens with zero attached hydrogens (tertiary/aromatic N) is 1. The molecule has 0 amide bonds. The lowest BCUT2D eigenvalue weighted by atomic mass is 9.12. The molecule has 0 radical (unpaired) electrons. The molecule has 1 heterocycles. The first-order valence-electron chi connectivity index (χ1n) is 20.9. The van der Waals surface area contributed by atoms with Crippen LogP contribution < -0.4 is 26.4 Å². The minimum Gasteiger partial charge on any atom is -0.406 e. The summed E-state index contributed by atoms with van der Waals surface area (Å²) in [4.78, 5) is 24.2. The molecular weight excluding hydrogens is 1200 g/mol. The third-order valence-electron chi connectivity index (χ3n) is 11.2. The molecule has 0 saturated heterocycles. The van der Waals surface area contributed by atoms with Crippen LogP contribution in [0.1, 0.15) is 65.4 Å². The van der Waals surface area contributed by atoms with Crippen LogP contribution in [0, 0.1) is 0 Å². The molecule has 32 heteroatoms. The van der Waals surface area contributed by atoms with Crippen molar-refractivity contribution in [3.8, 4) is 0 Å². The minimum atomic E-state index is -6.13. The number of aromatic nitrogens is 1. The molecule has 1 aromatic heterocycles. The van der Waals surface area contributed by atoms with E-state index in [0.29, 0.717) is 5.56 Å². The third kappa shape index (κ3) is 15.5. The topological polar surface area (TPSA) is 47.2 Å². The fraction of sp³-hybridized carbons (Fsp3) is 0.213. The van der Waals surface area contributed by atoms with Gasteiger partial charge in [-0.2, -0.15) is 132 Å². The van der Waals surface area contributed by atoms with Crippen molar-refractivity contribution in [3.05, 3.63) is 183 Å². The van der Waals surface area contributed by atoms with Crippen molar-refractivity contribution in [2.45, 2.75) is 59.9 Å². The van der Waals surface area contributed by atoms with Crippen molar-refractivity contribution >= 4 is 74.6 Å². The zero-order valence-corrected chi connectivity index (χ0v) is 40.1. The van der Waals surface area contributed by atoms with Gasteiger partial charge in [0.05, 0.1) is 44.5 Å². The molecule has 0 aliphatic rings. The Bertz CT molecular complexity index is 2770. The van der Waals surface area contributed by atoms with Gasteiger partial charge >= 0.3 is 59.4 Å². The zero-order valence-electron chi connectivity index (χ0n) is 37.8. The number of carbonyl (C=O) groups is 2. The Morgan fingerprint density at radius 1 is 0.380 bits per heavy atom. The molecule has 4 nitrogen and oxygen atoms in total. The molecule has 6 aromatic rings. The lowest BCUT2D eigenvalue weighted by Gasteiger charge is -2.46. The van der Waals surface area contributed by atoms with Crippen LogP contribution in [-0.4, -0.2) is 21.9 Å². The Hall–Kier alpha value is -6.36. The van der Waals surface area contributed by atoms with E-state index in [1.54, 1.807) is 42.6 Å². The maximum Gasteiger partial charge on any atom is 0.416 e. The summed E-state index contributed by atoms with van der Waals surface area (Å²) in [5.41, 5.74) is -29.6. The second kappa shape index (κ2) is 21.9. The molecular formula is C47H23BCl3F24NO3. The number of halogens is 27. The Labute approximate surface area is 441 Å². The van der Waals surface area contributed by atoms with Gasteiger partial charge in [-0.3, -0.25) is 4.79 Å². The summed E-state index contributed by atoms with van der Waals surface area (Å²) in [5.74, 6) is -0.985. The van der Waals surface area contributed by atoms with Crippen molar-refractivity contribution in [1.29, 1.82) is 0 Å². The summed E-state index contributed by atoms with van der Waals surface area (Å²) < 4.78 is 345. The summed E-state index contributed by atoms with van der Waals surface area (Å²) in [6.07, 6.45) is -53.2. The fourth-order valence-electron chi connectivity index (χ4n) is 7.90. The lowest BCUT2D eigenvalue weighted by Crippen LogP contribution is -2.75. The van der Waals surface area contributed by atoms with Gasteiger partial charge in [0, 0.05) is 17.7 Å². The van der Waals surface area contributed by atoms with Gasteiger partial charge in [-0.05, 0) is 65.1 Å². The summed E-state index contributed by atoms with van der Waals surface area (Å²) >= 11 is 16.3. The van der Waals surface area contributed by atoms with E-state index in [2.05, 4.69) is 4.74 Å². The number of alkyl halides is 27. The molecule has 0 aliphatic carbocycles. The van der Waals surface area contributed by atoms with Crippen LogP contribution in [0.3, 0.4) is 0 Å². The SMILES string of the molecule is FC(F)(F)c1cc([B-](c2cc(C(F)(F)F)cc(C(F)(F)F)c2)(c2cc(C(F)(F)F)cc(C(F)(F)F)c2)c2cc(C(F)(F)F)cc(C(F)(F)F)c2)cc(C(F)(F)F)c1.O=C(C[n+]1ccccc1C(=O)OC(Cl)(Cl)Cl)c1ccccc1. The molecule has 0 atom stereocenters. The second-order valence-corrected chi connectivity index (χ2v) is 18.7. The number of ketones is 1. The smallest absolute Gasteiger partial charge is 0.406 e. The molecule has 0 aliphatic heterocycles. The van der Waals surface area contributed by atoms with Gasteiger partial charge in [-0.25, -0.2) is 4.79 Å². The molecule has 0 spiro atoms. The number of hydrogen-bond acceptors (Lipinski definition) is 3. The fourth-order valence-corrected chi connectivity index (χ4v) is 8.11. The van der Waals surface area contributed by atoms with Crippen LogP contribution in [0.25, 0.3) is 0 Å². The maximum atomic E-state index is 14.2. The van der Waals surface area contributed by atoms with E-state index in [1.165, 1.54) is 10.6 Å². The van der Waals surface area contributed by atoms with Gasteiger partial charge in [0.15, 0.2) is 6.20 Å². The molecule has 5 aromatic carbocycles. The highest BCUT2D eigenvalue weighted by Crippen LogP contribution is 2.41. The predicted molar refractivity (Wildman–Crippen MR) is 233 cm³/mol. The molecule has 0 N–H and O–H groups in total. The highest BCUT2D eigenvalue weighted by atomic mass is 35.6. The third-order valence-corrected chi connectivity index (χ3v) is 11.4. The Balaban J connectivity index is 0.000000433. The first-order valence-corrected chi connectivity index (χ1v) is 22.0. The summed E-state index contributed by atoms with van der Waals surface area (Å²) in [6, 6.07) is 4.73. The average Bonchev–Trinajstić information content (AvgIpc) is 3.29. The maximum absolute atomic E-state index is 14.2. The van der Waals surface area contributed by atoms with Crippen LogP contribution in [0.15, 0.2) is 128 Å². The van der Waals surface area contributed by atoms with E-state index in [4.69, 9.17) is 34.8 Å². The molecule has 79 heavy (non-hydrogen) atoms. The molecule has 0 fully saturated rings. The summed E-state index contributed by atoms with van der Waals surface area (Å²) in [7, 11) is 0.